The van der Waals surface area contributed by atoms with Gasteiger partial charge in [-0.3, -0.25) is 9.93 Å². The quantitative estimate of drug-likeness (QED) is 0.309. The Morgan fingerprint density at radius 1 is 1.00 bits per heavy atom. The number of carbonyl (C=O) groups is 2. The number of nitrogens with two attached hydrogens (primary N) is 1. The van der Waals surface area contributed by atoms with Crippen molar-refractivity contribution in [1.82, 2.24) is 5.32 Å². The SMILES string of the molecule is CC(C)C[C@H](NC(=O)c1ccc(NC[C@@H](C)SN)cc1-c1cccc2ccccc12)C(=O)O. The zero-order valence-electron chi connectivity index (χ0n) is 19.2. The number of benzene rings is 3. The lowest BCUT2D eigenvalue weighted by atomic mass is 9.93. The van der Waals surface area contributed by atoms with E-state index in [0.29, 0.717) is 18.5 Å². The molecule has 33 heavy (non-hydrogen) atoms. The predicted octanol–water partition coefficient (Wildman–Crippen LogP) is 5.14. The maximum Gasteiger partial charge on any atom is 0.326 e. The minimum absolute atomic E-state index is 0.137. The minimum Gasteiger partial charge on any atom is -0.480 e. The van der Waals surface area contributed by atoms with Gasteiger partial charge in [-0.1, -0.05) is 75.2 Å². The van der Waals surface area contributed by atoms with E-state index in [1.54, 1.807) is 6.07 Å². The van der Waals surface area contributed by atoms with Crippen molar-refractivity contribution in [3.05, 3.63) is 66.2 Å². The smallest absolute Gasteiger partial charge is 0.326 e. The Balaban J connectivity index is 2.05. The number of hydrogen-bond acceptors (Lipinski definition) is 5. The van der Waals surface area contributed by atoms with Crippen LogP contribution in [0.15, 0.2) is 60.7 Å². The first-order chi connectivity index (χ1) is 15.8. The normalized spacial score (nSPS) is 13.0. The standard InChI is InChI=1S/C26H31N3O3S/c1-16(2)13-24(26(31)32)29-25(30)22-12-11-19(28-15-17(3)33-27)14-23(22)21-10-6-8-18-7-4-5-9-20(18)21/h4-12,14,16-17,24,28H,13,15,27H2,1-3H3,(H,29,30)(H,31,32)/t17-,24+/m1/s1. The first kappa shape index (κ1) is 24.6. The molecular formula is C26H31N3O3S. The fourth-order valence-corrected chi connectivity index (χ4v) is 3.95. The van der Waals surface area contributed by atoms with Gasteiger partial charge in [0, 0.05) is 23.0 Å². The zero-order chi connectivity index (χ0) is 24.0. The van der Waals surface area contributed by atoms with E-state index in [0.717, 1.165) is 27.6 Å². The van der Waals surface area contributed by atoms with E-state index in [2.05, 4.69) is 10.6 Å². The number of aliphatic carboxylic acids is 1. The van der Waals surface area contributed by atoms with E-state index in [1.165, 1.54) is 11.9 Å². The average molecular weight is 466 g/mol. The summed E-state index contributed by atoms with van der Waals surface area (Å²) < 4.78 is 0. The highest BCUT2D eigenvalue weighted by atomic mass is 32.2. The second-order valence-electron chi connectivity index (χ2n) is 8.61. The second kappa shape index (κ2) is 11.2. The number of fused-ring (bicyclic) bond motifs is 1. The highest BCUT2D eigenvalue weighted by Crippen LogP contribution is 2.33. The third kappa shape index (κ3) is 6.27. The van der Waals surface area contributed by atoms with Gasteiger partial charge in [-0.05, 0) is 52.4 Å². The highest BCUT2D eigenvalue weighted by molar-refractivity contribution is 7.97. The summed E-state index contributed by atoms with van der Waals surface area (Å²) in [7, 11) is 0. The van der Waals surface area contributed by atoms with E-state index < -0.39 is 17.9 Å². The maximum absolute atomic E-state index is 13.3. The van der Waals surface area contributed by atoms with Crippen molar-refractivity contribution in [3.63, 3.8) is 0 Å². The van der Waals surface area contributed by atoms with Gasteiger partial charge < -0.3 is 15.7 Å². The van der Waals surface area contributed by atoms with Crippen LogP contribution in [0.5, 0.6) is 0 Å². The summed E-state index contributed by atoms with van der Waals surface area (Å²) in [5, 5.41) is 23.7. The number of anilines is 1. The van der Waals surface area contributed by atoms with Gasteiger partial charge in [0.2, 0.25) is 0 Å². The van der Waals surface area contributed by atoms with Crippen LogP contribution in [-0.4, -0.2) is 34.8 Å². The van der Waals surface area contributed by atoms with Crippen LogP contribution in [0.1, 0.15) is 37.6 Å². The summed E-state index contributed by atoms with van der Waals surface area (Å²) in [6.07, 6.45) is 0.360. The summed E-state index contributed by atoms with van der Waals surface area (Å²) in [6.45, 7) is 6.58. The molecule has 0 radical (unpaired) electrons. The Kier molecular flexibility index (Phi) is 8.36. The fraction of sp³-hybridized carbons (Fsp3) is 0.308. The molecule has 6 nitrogen and oxygen atoms in total. The number of carboxylic acid groups (broad SMARTS) is 1. The molecular weight excluding hydrogens is 434 g/mol. The van der Waals surface area contributed by atoms with E-state index >= 15 is 0 Å². The molecule has 0 saturated heterocycles. The summed E-state index contributed by atoms with van der Waals surface area (Å²) in [6, 6.07) is 18.6. The molecule has 3 rings (SSSR count). The summed E-state index contributed by atoms with van der Waals surface area (Å²) in [4.78, 5) is 25.0. The molecule has 1 amide bonds. The molecule has 0 aliphatic carbocycles. The molecule has 0 aliphatic rings. The lowest BCUT2D eigenvalue weighted by molar-refractivity contribution is -0.139. The third-order valence-corrected chi connectivity index (χ3v) is 6.11. The van der Waals surface area contributed by atoms with Crippen LogP contribution >= 0.6 is 11.9 Å². The number of carbonyl (C=O) groups excluding carboxylic acids is 1. The molecule has 0 bridgehead atoms. The molecule has 0 aromatic heterocycles. The lowest BCUT2D eigenvalue weighted by Crippen LogP contribution is -2.41. The molecule has 0 saturated carbocycles. The van der Waals surface area contributed by atoms with Gasteiger partial charge in [0.15, 0.2) is 0 Å². The predicted molar refractivity (Wildman–Crippen MR) is 137 cm³/mol. The number of hydrogen-bond donors (Lipinski definition) is 4. The topological polar surface area (TPSA) is 104 Å². The van der Waals surface area contributed by atoms with Gasteiger partial charge in [0.05, 0.1) is 0 Å². The molecule has 174 valence electrons. The van der Waals surface area contributed by atoms with Crippen molar-refractivity contribution < 1.29 is 14.7 Å². The minimum atomic E-state index is -1.03. The summed E-state index contributed by atoms with van der Waals surface area (Å²) in [5.74, 6) is -1.29. The van der Waals surface area contributed by atoms with E-state index in [1.807, 2.05) is 75.4 Å². The largest absolute Gasteiger partial charge is 0.480 e. The van der Waals surface area contributed by atoms with Gasteiger partial charge >= 0.3 is 5.97 Å². The first-order valence-corrected chi connectivity index (χ1v) is 12.0. The summed E-state index contributed by atoms with van der Waals surface area (Å²) in [5.41, 5.74) is 2.97. The van der Waals surface area contributed by atoms with Crippen LogP contribution in [0.2, 0.25) is 0 Å². The monoisotopic (exact) mass is 465 g/mol. The van der Waals surface area contributed by atoms with Crippen molar-refractivity contribution in [1.29, 1.82) is 0 Å². The van der Waals surface area contributed by atoms with E-state index in [4.69, 9.17) is 5.14 Å². The molecule has 3 aromatic carbocycles. The molecule has 0 spiro atoms. The molecule has 0 aliphatic heterocycles. The molecule has 3 aromatic rings. The van der Waals surface area contributed by atoms with Crippen molar-refractivity contribution in [3.8, 4) is 11.1 Å². The number of amides is 1. The average Bonchev–Trinajstić information content (AvgIpc) is 2.81. The zero-order valence-corrected chi connectivity index (χ0v) is 20.0. The van der Waals surface area contributed by atoms with Crippen molar-refractivity contribution in [2.75, 3.05) is 11.9 Å². The second-order valence-corrected chi connectivity index (χ2v) is 9.69. The molecule has 0 fully saturated rings. The van der Waals surface area contributed by atoms with Crippen LogP contribution < -0.4 is 15.8 Å². The van der Waals surface area contributed by atoms with Gasteiger partial charge in [0.1, 0.15) is 6.04 Å². The summed E-state index contributed by atoms with van der Waals surface area (Å²) >= 11 is 1.29. The Morgan fingerprint density at radius 2 is 1.73 bits per heavy atom. The van der Waals surface area contributed by atoms with Crippen molar-refractivity contribution in [2.24, 2.45) is 11.1 Å². The van der Waals surface area contributed by atoms with E-state index in [9.17, 15) is 14.7 Å². The maximum atomic E-state index is 13.3. The number of nitrogens with one attached hydrogen (secondary N) is 2. The molecule has 0 heterocycles. The van der Waals surface area contributed by atoms with Gasteiger partial charge in [0.25, 0.3) is 5.91 Å². The Labute approximate surface area is 199 Å². The number of rotatable bonds is 10. The van der Waals surface area contributed by atoms with Crippen LogP contribution in [0.25, 0.3) is 21.9 Å². The van der Waals surface area contributed by atoms with E-state index in [-0.39, 0.29) is 11.2 Å². The molecule has 5 N–H and O–H groups in total. The highest BCUT2D eigenvalue weighted by Gasteiger charge is 2.24. The van der Waals surface area contributed by atoms with Gasteiger partial charge in [-0.15, -0.1) is 0 Å². The number of carboxylic acids is 1. The van der Waals surface area contributed by atoms with Crippen LogP contribution in [0.3, 0.4) is 0 Å². The fourth-order valence-electron chi connectivity index (χ4n) is 3.77. The molecule has 2 atom stereocenters. The van der Waals surface area contributed by atoms with Crippen LogP contribution in [-0.2, 0) is 4.79 Å². The van der Waals surface area contributed by atoms with Crippen molar-refractivity contribution in [2.45, 2.75) is 38.5 Å². The first-order valence-electron chi connectivity index (χ1n) is 11.1. The van der Waals surface area contributed by atoms with Gasteiger partial charge in [-0.25, -0.2) is 4.79 Å². The van der Waals surface area contributed by atoms with Crippen LogP contribution in [0.4, 0.5) is 5.69 Å². The Morgan fingerprint density at radius 3 is 2.42 bits per heavy atom. The third-order valence-electron chi connectivity index (χ3n) is 5.48. The van der Waals surface area contributed by atoms with Crippen LogP contribution in [0, 0.1) is 5.92 Å². The molecule has 0 unspecified atom stereocenters. The Hall–Kier alpha value is -3.03. The molecule has 7 heteroatoms. The van der Waals surface area contributed by atoms with Crippen molar-refractivity contribution >= 4 is 40.3 Å². The van der Waals surface area contributed by atoms with Gasteiger partial charge in [-0.2, -0.15) is 0 Å². The Bertz CT molecular complexity index is 1130. The lowest BCUT2D eigenvalue weighted by Gasteiger charge is -2.19.